The second-order valence-corrected chi connectivity index (χ2v) is 7.11. The summed E-state index contributed by atoms with van der Waals surface area (Å²) in [6.45, 7) is 6.53. The predicted octanol–water partition coefficient (Wildman–Crippen LogP) is 4.01. The highest BCUT2D eigenvalue weighted by molar-refractivity contribution is 5.92. The van der Waals surface area contributed by atoms with Crippen molar-refractivity contribution in [3.63, 3.8) is 0 Å². The topological polar surface area (TPSA) is 32.3 Å². The minimum Gasteiger partial charge on any atom is -0.326 e. The molecule has 0 aromatic heterocycles. The molecule has 1 aliphatic heterocycles. The summed E-state index contributed by atoms with van der Waals surface area (Å²) in [5, 5.41) is 3.12. The molecule has 23 heavy (non-hydrogen) atoms. The van der Waals surface area contributed by atoms with E-state index in [1.807, 2.05) is 0 Å². The van der Waals surface area contributed by atoms with Gasteiger partial charge in [0.1, 0.15) is 0 Å². The molecule has 0 unspecified atom stereocenters. The van der Waals surface area contributed by atoms with Crippen molar-refractivity contribution in [2.24, 2.45) is 5.92 Å². The van der Waals surface area contributed by atoms with Crippen LogP contribution in [0.3, 0.4) is 0 Å². The smallest absolute Gasteiger partial charge is 0.227 e. The van der Waals surface area contributed by atoms with Crippen LogP contribution in [0.2, 0.25) is 0 Å². The number of anilines is 1. The molecule has 0 saturated heterocycles. The normalized spacial score (nSPS) is 19.1. The van der Waals surface area contributed by atoms with E-state index >= 15 is 0 Å². The molecule has 3 nitrogen and oxygen atoms in total. The maximum atomic E-state index is 12.3. The molecule has 0 radical (unpaired) electrons. The molecule has 2 aliphatic rings. The van der Waals surface area contributed by atoms with Crippen molar-refractivity contribution in [1.82, 2.24) is 4.90 Å². The Hall–Kier alpha value is -1.35. The van der Waals surface area contributed by atoms with E-state index in [0.717, 1.165) is 37.4 Å². The summed E-state index contributed by atoms with van der Waals surface area (Å²) in [6, 6.07) is 7.35. The number of benzene rings is 1. The number of nitrogens with one attached hydrogen (secondary N) is 1. The molecular weight excluding hydrogens is 284 g/mol. The molecule has 3 heteroatoms. The van der Waals surface area contributed by atoms with Crippen molar-refractivity contribution in [2.75, 3.05) is 18.4 Å². The van der Waals surface area contributed by atoms with Gasteiger partial charge in [-0.15, -0.1) is 0 Å². The molecule has 0 atom stereocenters. The fraction of sp³-hybridized carbons (Fsp3) is 0.650. The molecule has 1 aromatic rings. The van der Waals surface area contributed by atoms with E-state index in [9.17, 15) is 4.79 Å². The van der Waals surface area contributed by atoms with Gasteiger partial charge in [-0.25, -0.2) is 0 Å². The summed E-state index contributed by atoms with van der Waals surface area (Å²) >= 11 is 0. The maximum absolute atomic E-state index is 12.3. The SMILES string of the molecule is CCC(CC)C(=O)Nc1ccc2c(c1)CCN(C1CCC1)CC2. The molecule has 1 amide bonds. The van der Waals surface area contributed by atoms with Gasteiger partial charge in [0.2, 0.25) is 5.91 Å². The first kappa shape index (κ1) is 16.5. The summed E-state index contributed by atoms with van der Waals surface area (Å²) in [7, 11) is 0. The van der Waals surface area contributed by atoms with E-state index < -0.39 is 0 Å². The van der Waals surface area contributed by atoms with Gasteiger partial charge >= 0.3 is 0 Å². The van der Waals surface area contributed by atoms with Gasteiger partial charge in [0.05, 0.1) is 0 Å². The van der Waals surface area contributed by atoms with Crippen LogP contribution in [0.25, 0.3) is 0 Å². The lowest BCUT2D eigenvalue weighted by Crippen LogP contribution is -2.41. The zero-order chi connectivity index (χ0) is 16.2. The fourth-order valence-electron chi connectivity index (χ4n) is 3.84. The van der Waals surface area contributed by atoms with Crippen molar-refractivity contribution in [3.8, 4) is 0 Å². The molecule has 1 aromatic carbocycles. The van der Waals surface area contributed by atoms with E-state index in [0.29, 0.717) is 0 Å². The van der Waals surface area contributed by atoms with Crippen LogP contribution in [-0.4, -0.2) is 29.9 Å². The van der Waals surface area contributed by atoms with Crippen molar-refractivity contribution in [2.45, 2.75) is 64.8 Å². The minimum atomic E-state index is 0.128. The van der Waals surface area contributed by atoms with Gasteiger partial charge in [-0.05, 0) is 61.8 Å². The minimum absolute atomic E-state index is 0.128. The first-order valence-electron chi connectivity index (χ1n) is 9.38. The molecule has 3 rings (SSSR count). The second-order valence-electron chi connectivity index (χ2n) is 7.11. The molecule has 0 bridgehead atoms. The molecule has 1 saturated carbocycles. The Bertz CT molecular complexity index is 547. The van der Waals surface area contributed by atoms with Crippen LogP contribution in [0, 0.1) is 5.92 Å². The van der Waals surface area contributed by atoms with Crippen molar-refractivity contribution < 1.29 is 4.79 Å². The third-order valence-corrected chi connectivity index (χ3v) is 5.76. The fourth-order valence-corrected chi connectivity index (χ4v) is 3.84. The molecule has 1 N–H and O–H groups in total. The standard InChI is InChI=1S/C20H30N2O/c1-3-15(4-2)20(23)21-18-9-8-16-10-12-22(19-6-5-7-19)13-11-17(16)14-18/h8-9,14-15,19H,3-7,10-13H2,1-2H3,(H,21,23). The number of carbonyl (C=O) groups is 1. The zero-order valence-corrected chi connectivity index (χ0v) is 14.6. The molecule has 0 spiro atoms. The van der Waals surface area contributed by atoms with Crippen LogP contribution in [0.4, 0.5) is 5.69 Å². The largest absolute Gasteiger partial charge is 0.326 e. The molecule has 1 aliphatic carbocycles. The Kier molecular flexibility index (Phi) is 5.37. The molecule has 1 heterocycles. The summed E-state index contributed by atoms with van der Waals surface area (Å²) in [5.41, 5.74) is 3.86. The number of nitrogens with zero attached hydrogens (tertiary/aromatic N) is 1. The van der Waals surface area contributed by atoms with E-state index in [1.165, 1.54) is 43.5 Å². The first-order valence-corrected chi connectivity index (χ1v) is 9.38. The van der Waals surface area contributed by atoms with Gasteiger partial charge in [-0.3, -0.25) is 9.69 Å². The Morgan fingerprint density at radius 1 is 1.17 bits per heavy atom. The Labute approximate surface area is 140 Å². The number of fused-ring (bicyclic) bond motifs is 1. The van der Waals surface area contributed by atoms with Crippen molar-refractivity contribution in [3.05, 3.63) is 29.3 Å². The van der Waals surface area contributed by atoms with Gasteiger partial charge in [-0.2, -0.15) is 0 Å². The predicted molar refractivity (Wildman–Crippen MR) is 95.8 cm³/mol. The Morgan fingerprint density at radius 3 is 2.48 bits per heavy atom. The summed E-state index contributed by atoms with van der Waals surface area (Å²) in [4.78, 5) is 15.0. The number of hydrogen-bond donors (Lipinski definition) is 1. The number of rotatable bonds is 5. The van der Waals surface area contributed by atoms with Crippen molar-refractivity contribution >= 4 is 11.6 Å². The lowest BCUT2D eigenvalue weighted by atomic mass is 9.91. The van der Waals surface area contributed by atoms with Crippen molar-refractivity contribution in [1.29, 1.82) is 0 Å². The second kappa shape index (κ2) is 7.48. The van der Waals surface area contributed by atoms with Crippen LogP contribution in [0.15, 0.2) is 18.2 Å². The van der Waals surface area contributed by atoms with Gasteiger partial charge in [0.25, 0.3) is 0 Å². The molecule has 1 fully saturated rings. The average Bonchev–Trinajstić information content (AvgIpc) is 2.70. The monoisotopic (exact) mass is 314 g/mol. The van der Waals surface area contributed by atoms with Gasteiger partial charge in [-0.1, -0.05) is 26.3 Å². The van der Waals surface area contributed by atoms with E-state index in [2.05, 4.69) is 42.3 Å². The highest BCUT2D eigenvalue weighted by atomic mass is 16.1. The van der Waals surface area contributed by atoms with Gasteiger partial charge in [0.15, 0.2) is 0 Å². The summed E-state index contributed by atoms with van der Waals surface area (Å²) < 4.78 is 0. The lowest BCUT2D eigenvalue weighted by molar-refractivity contribution is -0.120. The number of hydrogen-bond acceptors (Lipinski definition) is 2. The quantitative estimate of drug-likeness (QED) is 0.890. The Morgan fingerprint density at radius 2 is 1.87 bits per heavy atom. The van der Waals surface area contributed by atoms with E-state index in [-0.39, 0.29) is 11.8 Å². The number of amides is 1. The third kappa shape index (κ3) is 3.77. The highest BCUT2D eigenvalue weighted by Crippen LogP contribution is 2.28. The Balaban J connectivity index is 1.66. The zero-order valence-electron chi connectivity index (χ0n) is 14.6. The van der Waals surface area contributed by atoms with Crippen LogP contribution in [0.5, 0.6) is 0 Å². The van der Waals surface area contributed by atoms with Gasteiger partial charge in [0, 0.05) is 30.7 Å². The first-order chi connectivity index (χ1) is 11.2. The van der Waals surface area contributed by atoms with Crippen LogP contribution in [-0.2, 0) is 17.6 Å². The third-order valence-electron chi connectivity index (χ3n) is 5.76. The summed E-state index contributed by atoms with van der Waals surface area (Å²) in [6.07, 6.45) is 8.24. The average molecular weight is 314 g/mol. The maximum Gasteiger partial charge on any atom is 0.227 e. The van der Waals surface area contributed by atoms with E-state index in [4.69, 9.17) is 0 Å². The molecule has 126 valence electrons. The van der Waals surface area contributed by atoms with Crippen LogP contribution < -0.4 is 5.32 Å². The summed E-state index contributed by atoms with van der Waals surface area (Å²) in [5.74, 6) is 0.294. The van der Waals surface area contributed by atoms with Crippen LogP contribution >= 0.6 is 0 Å². The van der Waals surface area contributed by atoms with E-state index in [1.54, 1.807) is 0 Å². The lowest BCUT2D eigenvalue weighted by Gasteiger charge is -2.36. The van der Waals surface area contributed by atoms with Gasteiger partial charge < -0.3 is 5.32 Å². The highest BCUT2D eigenvalue weighted by Gasteiger charge is 2.26. The number of carbonyl (C=O) groups excluding carboxylic acids is 1. The van der Waals surface area contributed by atoms with Crippen LogP contribution in [0.1, 0.15) is 57.1 Å². The molecular formula is C20H30N2O.